The average molecular weight is 887 g/mol. The Bertz CT molecular complexity index is 2540. The molecule has 3 heterocycles. The molecule has 0 radical (unpaired) electrons. The number of alkyl halides is 3. The minimum absolute atomic E-state index is 0.501. The number of hydrogen-bond acceptors (Lipinski definition) is 7. The van der Waals surface area contributed by atoms with Crippen LogP contribution in [0.5, 0.6) is 17.2 Å². The zero-order valence-corrected chi connectivity index (χ0v) is 38.0. The third-order valence-corrected chi connectivity index (χ3v) is 15.0. The van der Waals surface area contributed by atoms with Crippen LogP contribution in [-0.2, 0) is 26.7 Å². The predicted octanol–water partition coefficient (Wildman–Crippen LogP) is 12.7. The van der Waals surface area contributed by atoms with Gasteiger partial charge in [0.1, 0.15) is 17.2 Å². The van der Waals surface area contributed by atoms with E-state index in [2.05, 4.69) is 96.5 Å². The third kappa shape index (κ3) is 7.82. The Morgan fingerprint density at radius 2 is 1.45 bits per heavy atom. The first-order valence-corrected chi connectivity index (χ1v) is 24.0. The van der Waals surface area contributed by atoms with Crippen LogP contribution in [0.1, 0.15) is 105 Å². The number of benzene rings is 5. The number of morpholine rings is 2. The number of unbranched alkanes of at least 4 members (excludes halogenated alkanes) is 1. The van der Waals surface area contributed by atoms with Gasteiger partial charge in [-0.1, -0.05) is 88.8 Å². The second kappa shape index (κ2) is 17.9. The van der Waals surface area contributed by atoms with Crippen LogP contribution in [0.2, 0.25) is 0 Å². The summed E-state index contributed by atoms with van der Waals surface area (Å²) >= 11 is 0. The lowest BCUT2D eigenvalue weighted by molar-refractivity contribution is -0.137. The molecule has 2 saturated heterocycles. The molecule has 0 bridgehead atoms. The summed E-state index contributed by atoms with van der Waals surface area (Å²) in [6, 6.07) is 25.8. The van der Waals surface area contributed by atoms with Crippen molar-refractivity contribution in [2.75, 3.05) is 76.1 Å². The summed E-state index contributed by atoms with van der Waals surface area (Å²) < 4.78 is 75.8. The van der Waals surface area contributed by atoms with Crippen molar-refractivity contribution >= 4 is 28.2 Å². The molecule has 1 spiro atoms. The van der Waals surface area contributed by atoms with Gasteiger partial charge in [0.05, 0.1) is 51.4 Å². The molecule has 65 heavy (non-hydrogen) atoms. The van der Waals surface area contributed by atoms with Gasteiger partial charge in [-0.25, -0.2) is 0 Å². The molecule has 2 unspecified atom stereocenters. The minimum Gasteiger partial charge on any atom is -0.495 e. The first-order chi connectivity index (χ1) is 31.7. The molecule has 0 amide bonds. The predicted molar refractivity (Wildman–Crippen MR) is 253 cm³/mol. The highest BCUT2D eigenvalue weighted by Gasteiger charge is 2.50. The Morgan fingerprint density at radius 3 is 2.09 bits per heavy atom. The number of rotatable bonds is 12. The van der Waals surface area contributed by atoms with Crippen molar-refractivity contribution in [1.29, 1.82) is 0 Å². The van der Waals surface area contributed by atoms with Gasteiger partial charge in [0.25, 0.3) is 0 Å². The maximum absolute atomic E-state index is 14.6. The van der Waals surface area contributed by atoms with Gasteiger partial charge in [0, 0.05) is 59.4 Å². The van der Waals surface area contributed by atoms with Gasteiger partial charge < -0.3 is 33.5 Å². The summed E-state index contributed by atoms with van der Waals surface area (Å²) in [5.74, 6) is 2.74. The van der Waals surface area contributed by atoms with Crippen LogP contribution in [0.4, 0.5) is 24.5 Å². The van der Waals surface area contributed by atoms with Crippen molar-refractivity contribution in [2.24, 2.45) is 5.92 Å². The molecule has 3 fully saturated rings. The molecule has 0 aromatic heterocycles. The first-order valence-electron chi connectivity index (χ1n) is 24.0. The van der Waals surface area contributed by atoms with Gasteiger partial charge in [0.15, 0.2) is 5.60 Å². The summed E-state index contributed by atoms with van der Waals surface area (Å²) in [5.41, 5.74) is 6.37. The fraction of sp³-hybridized carbons (Fsp3) is 0.455. The van der Waals surface area contributed by atoms with Gasteiger partial charge >= 0.3 is 6.18 Å². The van der Waals surface area contributed by atoms with E-state index in [9.17, 15) is 13.2 Å². The van der Waals surface area contributed by atoms with E-state index in [1.807, 2.05) is 0 Å². The van der Waals surface area contributed by atoms with Gasteiger partial charge in [0.2, 0.25) is 0 Å². The Labute approximate surface area is 381 Å². The van der Waals surface area contributed by atoms with Crippen LogP contribution >= 0.6 is 0 Å². The number of halogens is 3. The Morgan fingerprint density at radius 1 is 0.769 bits per heavy atom. The summed E-state index contributed by atoms with van der Waals surface area (Å²) in [7, 11) is 1.70. The molecule has 10 rings (SSSR count). The molecule has 5 aromatic rings. The largest absolute Gasteiger partial charge is 0.495 e. The highest BCUT2D eigenvalue weighted by molar-refractivity contribution is 6.10. The maximum Gasteiger partial charge on any atom is 0.416 e. The molecule has 2 atom stereocenters. The highest BCUT2D eigenvalue weighted by Crippen LogP contribution is 2.63. The smallest absolute Gasteiger partial charge is 0.416 e. The quantitative estimate of drug-likeness (QED) is 0.124. The second-order valence-electron chi connectivity index (χ2n) is 18.6. The molecule has 2 aliphatic carbocycles. The molecule has 5 aliphatic rings. The fourth-order valence-corrected chi connectivity index (χ4v) is 11.4. The van der Waals surface area contributed by atoms with Crippen LogP contribution in [0, 0.1) is 5.92 Å². The number of nitrogens with zero attached hydrogens (tertiary/aromatic N) is 2. The van der Waals surface area contributed by atoms with E-state index in [1.165, 1.54) is 25.0 Å². The maximum atomic E-state index is 14.6. The van der Waals surface area contributed by atoms with Gasteiger partial charge in [-0.15, -0.1) is 0 Å². The van der Waals surface area contributed by atoms with E-state index in [0.717, 1.165) is 125 Å². The summed E-state index contributed by atoms with van der Waals surface area (Å²) in [6.45, 7) is 10.8. The standard InChI is InChI=1S/C55H61F3N2O5/c1-4-6-10-37(5-2)36-64-42-18-13-39(14-19-42)54(38-11-16-41(17-12-38)59-25-29-62-30-26-59)24-21-44-51-50(43-20-15-40(55(56,57)58)33-47(43)53(51)22-8-7-9-23-53)45-34-48(60-27-31-63-32-28-60)49(61-3)35-46(45)52(44)65-54/h11-21,24,33-35,37H,4-10,22-23,25-32,36H2,1-3H3. The Balaban J connectivity index is 1.18. The third-order valence-electron chi connectivity index (χ3n) is 15.0. The highest BCUT2D eigenvalue weighted by atomic mass is 19.4. The van der Waals surface area contributed by atoms with Crippen molar-refractivity contribution in [1.82, 2.24) is 0 Å². The van der Waals surface area contributed by atoms with E-state index >= 15 is 0 Å². The van der Waals surface area contributed by atoms with E-state index in [4.69, 9.17) is 23.7 Å². The fourth-order valence-electron chi connectivity index (χ4n) is 11.4. The number of methoxy groups -OCH3 is 1. The van der Waals surface area contributed by atoms with Gasteiger partial charge in [-0.3, -0.25) is 0 Å². The SMILES string of the molecule is CCCCC(CC)COc1ccc(C2(c3ccc(N4CCOCC4)cc3)C=Cc3c4c(c5cc(N6CCOCC6)c(OC)cc5c3O2)-c2ccc(C(F)(F)F)cc2C42CCCCC2)cc1. The van der Waals surface area contributed by atoms with E-state index in [1.54, 1.807) is 13.2 Å². The van der Waals surface area contributed by atoms with Crippen molar-refractivity contribution < 1.29 is 36.9 Å². The lowest BCUT2D eigenvalue weighted by Crippen LogP contribution is -2.37. The lowest BCUT2D eigenvalue weighted by Gasteiger charge is -2.41. The second-order valence-corrected chi connectivity index (χ2v) is 18.6. The molecular weight excluding hydrogens is 826 g/mol. The number of hydrogen-bond donors (Lipinski definition) is 0. The number of ether oxygens (including phenoxy) is 5. The van der Waals surface area contributed by atoms with Crippen molar-refractivity contribution in [3.8, 4) is 28.4 Å². The molecule has 0 N–H and O–H groups in total. The lowest BCUT2D eigenvalue weighted by atomic mass is 9.66. The molecular formula is C55H61F3N2O5. The Hall–Kier alpha value is -5.19. The molecule has 10 heteroatoms. The minimum atomic E-state index is -4.47. The average Bonchev–Trinajstić information content (AvgIpc) is 3.62. The number of fused-ring (bicyclic) bond motifs is 10. The molecule has 1 saturated carbocycles. The van der Waals surface area contributed by atoms with E-state index < -0.39 is 22.8 Å². The van der Waals surface area contributed by atoms with Crippen LogP contribution in [0.3, 0.4) is 0 Å². The first kappa shape index (κ1) is 43.7. The normalized spacial score (nSPS) is 20.6. The summed E-state index contributed by atoms with van der Waals surface area (Å²) in [4.78, 5) is 4.65. The number of anilines is 2. The zero-order valence-electron chi connectivity index (χ0n) is 38.0. The van der Waals surface area contributed by atoms with Crippen LogP contribution in [-0.4, -0.2) is 66.3 Å². The Kier molecular flexibility index (Phi) is 12.0. The van der Waals surface area contributed by atoms with Gasteiger partial charge in [-0.05, 0) is 107 Å². The summed E-state index contributed by atoms with van der Waals surface area (Å²) in [6.07, 6.45) is 8.95. The zero-order chi connectivity index (χ0) is 44.8. The van der Waals surface area contributed by atoms with Crippen LogP contribution in [0.25, 0.3) is 28.0 Å². The van der Waals surface area contributed by atoms with Crippen molar-refractivity contribution in [3.05, 3.63) is 118 Å². The summed E-state index contributed by atoms with van der Waals surface area (Å²) in [5, 5.41) is 1.82. The van der Waals surface area contributed by atoms with Crippen molar-refractivity contribution in [3.63, 3.8) is 0 Å². The van der Waals surface area contributed by atoms with Crippen LogP contribution in [0.15, 0.2) is 84.9 Å². The molecule has 3 aliphatic heterocycles. The van der Waals surface area contributed by atoms with Crippen molar-refractivity contribution in [2.45, 2.75) is 88.8 Å². The topological polar surface area (TPSA) is 52.6 Å². The molecule has 5 aromatic carbocycles. The molecule has 342 valence electrons. The monoisotopic (exact) mass is 886 g/mol. The molecule has 7 nitrogen and oxygen atoms in total. The van der Waals surface area contributed by atoms with Gasteiger partial charge in [-0.2, -0.15) is 13.2 Å². The van der Waals surface area contributed by atoms with E-state index in [0.29, 0.717) is 63.5 Å². The van der Waals surface area contributed by atoms with Crippen LogP contribution < -0.4 is 24.0 Å². The van der Waals surface area contributed by atoms with E-state index in [-0.39, 0.29) is 0 Å².